The first-order valence-corrected chi connectivity index (χ1v) is 7.94. The van der Waals surface area contributed by atoms with Crippen molar-refractivity contribution in [3.8, 4) is 22.5 Å². The van der Waals surface area contributed by atoms with E-state index in [0.717, 1.165) is 22.5 Å². The number of hydrogen-bond acceptors (Lipinski definition) is 4. The van der Waals surface area contributed by atoms with Gasteiger partial charge in [0, 0.05) is 17.3 Å². The van der Waals surface area contributed by atoms with E-state index in [2.05, 4.69) is 25.2 Å². The fourth-order valence-electron chi connectivity index (χ4n) is 2.54. The molecule has 2 heterocycles. The van der Waals surface area contributed by atoms with Crippen molar-refractivity contribution >= 4 is 11.8 Å². The predicted molar refractivity (Wildman–Crippen MR) is 97.9 cm³/mol. The van der Waals surface area contributed by atoms with Gasteiger partial charge in [-0.1, -0.05) is 66.7 Å². The number of rotatable bonds is 4. The predicted octanol–water partition coefficient (Wildman–Crippen LogP) is 5.55. The summed E-state index contributed by atoms with van der Waals surface area (Å²) in [6, 6.07) is 25.6. The van der Waals surface area contributed by atoms with Crippen LogP contribution in [-0.4, -0.2) is 15.0 Å². The summed E-state index contributed by atoms with van der Waals surface area (Å²) in [5.41, 5.74) is 3.84. The number of hydrogen-bond donors (Lipinski definition) is 1. The van der Waals surface area contributed by atoms with Gasteiger partial charge in [-0.05, 0) is 12.1 Å². The van der Waals surface area contributed by atoms with Crippen LogP contribution in [0.5, 0.6) is 0 Å². The number of benzene rings is 2. The molecule has 0 radical (unpaired) electrons. The number of pyridine rings is 1. The molecule has 0 aliphatic rings. The quantitative estimate of drug-likeness (QED) is 0.500. The zero-order valence-corrected chi connectivity index (χ0v) is 13.4. The smallest absolute Gasteiger partial charge is 0.247 e. The second-order valence-electron chi connectivity index (χ2n) is 5.40. The Morgan fingerprint density at radius 2 is 1.36 bits per heavy atom. The molecular weight excluding hydrogens is 310 g/mol. The maximum Gasteiger partial charge on any atom is 0.247 e. The summed E-state index contributed by atoms with van der Waals surface area (Å²) in [5, 5.41) is 8.34. The second-order valence-corrected chi connectivity index (χ2v) is 5.40. The Morgan fingerprint density at radius 3 is 2.04 bits per heavy atom. The third-order valence-electron chi connectivity index (χ3n) is 3.70. The number of nitrogens with zero attached hydrogens (tertiary/aromatic N) is 4. The van der Waals surface area contributed by atoms with Gasteiger partial charge in [-0.25, -0.2) is 9.97 Å². The highest BCUT2D eigenvalue weighted by Gasteiger charge is 2.13. The summed E-state index contributed by atoms with van der Waals surface area (Å²) in [5.74, 6) is 0.991. The first-order valence-electron chi connectivity index (χ1n) is 7.94. The van der Waals surface area contributed by atoms with Gasteiger partial charge in [0.1, 0.15) is 0 Å². The van der Waals surface area contributed by atoms with E-state index in [-0.39, 0.29) is 0 Å². The largest absolute Gasteiger partial charge is 0.320 e. The number of aromatic nitrogens is 3. The SMILES string of the molecule is c1ccc(-c2nc(N=Nc3ccccn3)[nH]c2-c2ccccc2)cc1. The molecular formula is C20H15N5. The first kappa shape index (κ1) is 15.0. The molecule has 0 amide bonds. The summed E-state index contributed by atoms with van der Waals surface area (Å²) >= 11 is 0. The lowest BCUT2D eigenvalue weighted by molar-refractivity contribution is 1.09. The Kier molecular flexibility index (Phi) is 4.12. The summed E-state index contributed by atoms with van der Waals surface area (Å²) in [4.78, 5) is 12.0. The molecule has 0 spiro atoms. The van der Waals surface area contributed by atoms with E-state index in [9.17, 15) is 0 Å². The van der Waals surface area contributed by atoms with Crippen LogP contribution in [0, 0.1) is 0 Å². The zero-order valence-electron chi connectivity index (χ0n) is 13.4. The molecule has 1 N–H and O–H groups in total. The minimum Gasteiger partial charge on any atom is -0.320 e. The summed E-state index contributed by atoms with van der Waals surface area (Å²) in [6.45, 7) is 0. The molecule has 2 aromatic carbocycles. The van der Waals surface area contributed by atoms with E-state index >= 15 is 0 Å². The van der Waals surface area contributed by atoms with Crippen LogP contribution in [0.2, 0.25) is 0 Å². The fourth-order valence-corrected chi connectivity index (χ4v) is 2.54. The number of H-pyrrole nitrogens is 1. The highest BCUT2D eigenvalue weighted by Crippen LogP contribution is 2.32. The summed E-state index contributed by atoms with van der Waals surface area (Å²) in [7, 11) is 0. The van der Waals surface area contributed by atoms with Gasteiger partial charge in [-0.3, -0.25) is 0 Å². The molecule has 0 saturated carbocycles. The van der Waals surface area contributed by atoms with Crippen LogP contribution in [0.3, 0.4) is 0 Å². The van der Waals surface area contributed by atoms with Crippen LogP contribution >= 0.6 is 0 Å². The van der Waals surface area contributed by atoms with Crippen molar-refractivity contribution in [2.75, 3.05) is 0 Å². The van der Waals surface area contributed by atoms with Gasteiger partial charge >= 0.3 is 0 Å². The third kappa shape index (κ3) is 3.35. The number of nitrogens with one attached hydrogen (secondary N) is 1. The van der Waals surface area contributed by atoms with Crippen molar-refractivity contribution in [1.29, 1.82) is 0 Å². The monoisotopic (exact) mass is 325 g/mol. The van der Waals surface area contributed by atoms with Crippen LogP contribution < -0.4 is 0 Å². The second kappa shape index (κ2) is 6.88. The average Bonchev–Trinajstić information content (AvgIpc) is 3.13. The lowest BCUT2D eigenvalue weighted by Crippen LogP contribution is -1.82. The highest BCUT2D eigenvalue weighted by molar-refractivity contribution is 5.79. The fraction of sp³-hybridized carbons (Fsp3) is 0. The van der Waals surface area contributed by atoms with Crippen LogP contribution in [-0.2, 0) is 0 Å². The van der Waals surface area contributed by atoms with Crippen molar-refractivity contribution in [1.82, 2.24) is 15.0 Å². The molecule has 0 saturated heterocycles. The molecule has 0 fully saturated rings. The van der Waals surface area contributed by atoms with Gasteiger partial charge in [0.2, 0.25) is 5.95 Å². The van der Waals surface area contributed by atoms with Crippen LogP contribution in [0.1, 0.15) is 0 Å². The maximum atomic E-state index is 4.63. The minimum absolute atomic E-state index is 0.448. The molecule has 0 unspecified atom stereocenters. The lowest BCUT2D eigenvalue weighted by Gasteiger charge is -2.02. The number of imidazole rings is 1. The van der Waals surface area contributed by atoms with Crippen molar-refractivity contribution in [3.63, 3.8) is 0 Å². The highest BCUT2D eigenvalue weighted by atomic mass is 15.2. The first-order chi connectivity index (χ1) is 12.4. The lowest BCUT2D eigenvalue weighted by atomic mass is 10.1. The van der Waals surface area contributed by atoms with Crippen molar-refractivity contribution < 1.29 is 0 Å². The van der Waals surface area contributed by atoms with Gasteiger partial charge in [0.25, 0.3) is 0 Å². The van der Waals surface area contributed by atoms with E-state index in [1.54, 1.807) is 12.3 Å². The van der Waals surface area contributed by atoms with Crippen molar-refractivity contribution in [2.24, 2.45) is 10.2 Å². The van der Waals surface area contributed by atoms with Gasteiger partial charge in [0.15, 0.2) is 5.82 Å². The van der Waals surface area contributed by atoms with E-state index in [4.69, 9.17) is 0 Å². The summed E-state index contributed by atoms with van der Waals surface area (Å²) in [6.07, 6.45) is 1.68. The number of azo groups is 1. The van der Waals surface area contributed by atoms with Crippen LogP contribution in [0.15, 0.2) is 95.3 Å². The summed E-state index contributed by atoms with van der Waals surface area (Å²) < 4.78 is 0. The van der Waals surface area contributed by atoms with Gasteiger partial charge in [0.05, 0.1) is 11.4 Å². The molecule has 25 heavy (non-hydrogen) atoms. The molecule has 2 aromatic heterocycles. The Balaban J connectivity index is 1.77. The van der Waals surface area contributed by atoms with Crippen molar-refractivity contribution in [3.05, 3.63) is 85.1 Å². The van der Waals surface area contributed by atoms with E-state index < -0.39 is 0 Å². The van der Waals surface area contributed by atoms with Crippen LogP contribution in [0.25, 0.3) is 22.5 Å². The molecule has 0 aliphatic heterocycles. The van der Waals surface area contributed by atoms with Crippen LogP contribution in [0.4, 0.5) is 11.8 Å². The average molecular weight is 325 g/mol. The standard InChI is InChI=1S/C20H15N5/c1-3-9-15(10-4-1)18-19(16-11-5-2-6-12-16)23-20(22-18)25-24-17-13-7-8-14-21-17/h1-14H,(H,22,23). The van der Waals surface area contributed by atoms with Gasteiger partial charge < -0.3 is 4.98 Å². The van der Waals surface area contributed by atoms with Gasteiger partial charge in [-0.15, -0.1) is 10.2 Å². The molecule has 5 heteroatoms. The van der Waals surface area contributed by atoms with E-state index in [1.165, 1.54) is 0 Å². The van der Waals surface area contributed by atoms with E-state index in [0.29, 0.717) is 11.8 Å². The maximum absolute atomic E-state index is 4.63. The van der Waals surface area contributed by atoms with Crippen molar-refractivity contribution in [2.45, 2.75) is 0 Å². The van der Waals surface area contributed by atoms with E-state index in [1.807, 2.05) is 72.8 Å². The number of aromatic amines is 1. The zero-order chi connectivity index (χ0) is 16.9. The van der Waals surface area contributed by atoms with Gasteiger partial charge in [-0.2, -0.15) is 0 Å². The molecule has 5 nitrogen and oxygen atoms in total. The molecule has 0 atom stereocenters. The third-order valence-corrected chi connectivity index (χ3v) is 3.70. The topological polar surface area (TPSA) is 66.3 Å². The Morgan fingerprint density at radius 1 is 0.680 bits per heavy atom. The molecule has 0 bridgehead atoms. The molecule has 0 aliphatic carbocycles. The Hall–Kier alpha value is -3.60. The Bertz CT molecular complexity index is 920. The molecule has 4 rings (SSSR count). The molecule has 4 aromatic rings. The molecule has 120 valence electrons. The minimum atomic E-state index is 0.448. The Labute approximate surface area is 145 Å². The normalized spacial score (nSPS) is 11.0.